The van der Waals surface area contributed by atoms with Crippen molar-refractivity contribution in [1.82, 2.24) is 4.90 Å². The van der Waals surface area contributed by atoms with Gasteiger partial charge in [0, 0.05) is 11.8 Å². The van der Waals surface area contributed by atoms with Gasteiger partial charge in [-0.05, 0) is 20.8 Å². The van der Waals surface area contributed by atoms with Gasteiger partial charge in [-0.3, -0.25) is 9.79 Å². The van der Waals surface area contributed by atoms with E-state index >= 15 is 0 Å². The summed E-state index contributed by atoms with van der Waals surface area (Å²) in [7, 11) is 1.34. The molecule has 0 aliphatic carbocycles. The summed E-state index contributed by atoms with van der Waals surface area (Å²) >= 11 is 0. The molecule has 2 aliphatic heterocycles. The molecule has 2 rings (SSSR count). The first kappa shape index (κ1) is 16.3. The number of hydrogen-bond donors (Lipinski definition) is 0. The summed E-state index contributed by atoms with van der Waals surface area (Å²) < 4.78 is 15.9. The molecule has 2 aliphatic rings. The first-order chi connectivity index (χ1) is 10.3. The lowest BCUT2D eigenvalue weighted by Gasteiger charge is -2.26. The number of rotatable bonds is 1. The molecule has 1 atom stereocenters. The molecule has 0 aromatic heterocycles. The van der Waals surface area contributed by atoms with Crippen LogP contribution in [0, 0.1) is 5.92 Å². The van der Waals surface area contributed by atoms with Gasteiger partial charge >= 0.3 is 12.1 Å². The molecular formula is C15H22N2O5. The van der Waals surface area contributed by atoms with E-state index < -0.39 is 17.6 Å². The predicted molar refractivity (Wildman–Crippen MR) is 79.7 cm³/mol. The molecule has 0 aromatic carbocycles. The highest BCUT2D eigenvalue weighted by atomic mass is 16.6. The van der Waals surface area contributed by atoms with Gasteiger partial charge in [0.05, 0.1) is 26.7 Å². The van der Waals surface area contributed by atoms with E-state index in [1.165, 1.54) is 7.11 Å². The molecular weight excluding hydrogens is 288 g/mol. The summed E-state index contributed by atoms with van der Waals surface area (Å²) in [6.45, 7) is 6.76. The zero-order valence-electron chi connectivity index (χ0n) is 13.4. The number of esters is 1. The molecule has 7 nitrogen and oxygen atoms in total. The van der Waals surface area contributed by atoms with E-state index in [0.29, 0.717) is 37.6 Å². The van der Waals surface area contributed by atoms with Crippen molar-refractivity contribution in [2.24, 2.45) is 10.9 Å². The largest absolute Gasteiger partial charge is 0.495 e. The molecule has 7 heteroatoms. The second kappa shape index (κ2) is 6.37. The summed E-state index contributed by atoms with van der Waals surface area (Å²) in [5, 5.41) is 0. The van der Waals surface area contributed by atoms with Crippen LogP contribution in [0.15, 0.2) is 16.3 Å². The number of ether oxygens (including phenoxy) is 3. The minimum atomic E-state index is -0.559. The van der Waals surface area contributed by atoms with E-state index in [9.17, 15) is 9.59 Å². The van der Waals surface area contributed by atoms with Crippen LogP contribution < -0.4 is 0 Å². The lowest BCUT2D eigenvalue weighted by atomic mass is 10.0. The van der Waals surface area contributed by atoms with Gasteiger partial charge in [0.25, 0.3) is 0 Å². The van der Waals surface area contributed by atoms with E-state index in [4.69, 9.17) is 14.2 Å². The van der Waals surface area contributed by atoms with E-state index in [1.54, 1.807) is 11.1 Å². The van der Waals surface area contributed by atoms with Crippen LogP contribution >= 0.6 is 0 Å². The minimum Gasteiger partial charge on any atom is -0.495 e. The summed E-state index contributed by atoms with van der Waals surface area (Å²) in [4.78, 5) is 29.8. The Kier molecular flexibility index (Phi) is 4.73. The number of aliphatic imine (C=N–C) groups is 1. The number of dihydropyridines is 1. The van der Waals surface area contributed by atoms with Gasteiger partial charge < -0.3 is 19.1 Å². The van der Waals surface area contributed by atoms with Gasteiger partial charge in [0.15, 0.2) is 0 Å². The smallest absolute Gasteiger partial charge is 0.410 e. The van der Waals surface area contributed by atoms with Gasteiger partial charge in [0.1, 0.15) is 23.9 Å². The molecule has 0 bridgehead atoms. The van der Waals surface area contributed by atoms with Crippen LogP contribution in [-0.4, -0.2) is 62.1 Å². The number of methoxy groups -OCH3 is 1. The fourth-order valence-corrected chi connectivity index (χ4v) is 2.31. The number of nitrogens with zero attached hydrogens (tertiary/aromatic N) is 2. The summed E-state index contributed by atoms with van der Waals surface area (Å²) in [6, 6.07) is 0. The Morgan fingerprint density at radius 3 is 2.77 bits per heavy atom. The predicted octanol–water partition coefficient (Wildman–Crippen LogP) is 1.38. The fourth-order valence-electron chi connectivity index (χ4n) is 2.31. The SMILES string of the molecule is COC(=O)C1CN=CC2=C1OCCN(C(=O)OC(C)(C)C)C2. The van der Waals surface area contributed by atoms with E-state index in [-0.39, 0.29) is 5.97 Å². The van der Waals surface area contributed by atoms with Crippen molar-refractivity contribution in [3.05, 3.63) is 11.3 Å². The van der Waals surface area contributed by atoms with E-state index in [1.807, 2.05) is 20.8 Å². The maximum absolute atomic E-state index is 12.2. The fraction of sp³-hybridized carbons (Fsp3) is 0.667. The molecule has 0 radical (unpaired) electrons. The number of carbonyl (C=O) groups is 2. The highest BCUT2D eigenvalue weighted by Gasteiger charge is 2.34. The topological polar surface area (TPSA) is 77.4 Å². The molecule has 22 heavy (non-hydrogen) atoms. The molecule has 2 heterocycles. The summed E-state index contributed by atoms with van der Waals surface area (Å²) in [5.74, 6) is -0.369. The van der Waals surface area contributed by atoms with E-state index in [2.05, 4.69) is 4.99 Å². The third-order valence-electron chi connectivity index (χ3n) is 3.29. The Bertz CT molecular complexity index is 519. The molecule has 0 fully saturated rings. The van der Waals surface area contributed by atoms with E-state index in [0.717, 1.165) is 0 Å². The maximum Gasteiger partial charge on any atom is 0.410 e. The summed E-state index contributed by atoms with van der Waals surface area (Å²) in [5.41, 5.74) is 0.154. The number of amides is 1. The third-order valence-corrected chi connectivity index (χ3v) is 3.29. The normalized spacial score (nSPS) is 21.6. The molecule has 122 valence electrons. The Balaban J connectivity index is 2.16. The minimum absolute atomic E-state index is 0.304. The van der Waals surface area contributed by atoms with Crippen LogP contribution in [-0.2, 0) is 19.0 Å². The average molecular weight is 310 g/mol. The molecule has 0 aromatic rings. The summed E-state index contributed by atoms with van der Waals surface area (Å²) in [6.07, 6.45) is 1.25. The van der Waals surface area contributed by atoms with Crippen molar-refractivity contribution in [2.45, 2.75) is 26.4 Å². The van der Waals surface area contributed by atoms with Crippen molar-refractivity contribution in [2.75, 3.05) is 33.4 Å². The highest BCUT2D eigenvalue weighted by Crippen LogP contribution is 2.25. The van der Waals surface area contributed by atoms with Gasteiger partial charge in [-0.25, -0.2) is 4.79 Å². The first-order valence-corrected chi connectivity index (χ1v) is 7.23. The van der Waals surface area contributed by atoms with Gasteiger partial charge in [-0.15, -0.1) is 0 Å². The van der Waals surface area contributed by atoms with Crippen molar-refractivity contribution < 1.29 is 23.8 Å². The molecule has 0 N–H and O–H groups in total. The Hall–Kier alpha value is -2.05. The van der Waals surface area contributed by atoms with Crippen molar-refractivity contribution in [3.63, 3.8) is 0 Å². The second-order valence-electron chi connectivity index (χ2n) is 6.21. The molecule has 1 unspecified atom stereocenters. The second-order valence-corrected chi connectivity index (χ2v) is 6.21. The van der Waals surface area contributed by atoms with Crippen molar-refractivity contribution >= 4 is 18.3 Å². The number of hydrogen-bond acceptors (Lipinski definition) is 6. The zero-order chi connectivity index (χ0) is 16.3. The maximum atomic E-state index is 12.2. The molecule has 0 spiro atoms. The lowest BCUT2D eigenvalue weighted by Crippen LogP contribution is -2.39. The Morgan fingerprint density at radius 1 is 1.41 bits per heavy atom. The third kappa shape index (κ3) is 3.78. The Labute approximate surface area is 129 Å². The van der Waals surface area contributed by atoms with Gasteiger partial charge in [0.2, 0.25) is 0 Å². The molecule has 0 saturated carbocycles. The molecule has 1 amide bonds. The standard InChI is InChI=1S/C15H22N2O5/c1-15(2,3)22-14(19)17-5-6-21-12-10(9-17)7-16-8-11(12)13(18)20-4/h7,11H,5-6,8-9H2,1-4H3. The van der Waals surface area contributed by atoms with Crippen molar-refractivity contribution in [1.29, 1.82) is 0 Å². The van der Waals surface area contributed by atoms with Crippen LogP contribution in [0.25, 0.3) is 0 Å². The highest BCUT2D eigenvalue weighted by molar-refractivity contribution is 5.87. The van der Waals surface area contributed by atoms with Crippen LogP contribution in [0.2, 0.25) is 0 Å². The average Bonchev–Trinajstić information content (AvgIpc) is 2.66. The number of carbonyl (C=O) groups excluding carboxylic acids is 2. The van der Waals surface area contributed by atoms with Crippen LogP contribution in [0.3, 0.4) is 0 Å². The lowest BCUT2D eigenvalue weighted by molar-refractivity contribution is -0.145. The Morgan fingerprint density at radius 2 is 2.14 bits per heavy atom. The van der Waals surface area contributed by atoms with Gasteiger partial charge in [-0.1, -0.05) is 0 Å². The van der Waals surface area contributed by atoms with Crippen LogP contribution in [0.1, 0.15) is 20.8 Å². The first-order valence-electron chi connectivity index (χ1n) is 7.23. The van der Waals surface area contributed by atoms with Crippen LogP contribution in [0.4, 0.5) is 4.79 Å². The van der Waals surface area contributed by atoms with Crippen molar-refractivity contribution in [3.8, 4) is 0 Å². The zero-order valence-corrected chi connectivity index (χ0v) is 13.4. The quantitative estimate of drug-likeness (QED) is 0.684. The molecule has 0 saturated heterocycles. The van der Waals surface area contributed by atoms with Crippen LogP contribution in [0.5, 0.6) is 0 Å². The monoisotopic (exact) mass is 310 g/mol. The van der Waals surface area contributed by atoms with Gasteiger partial charge in [-0.2, -0.15) is 0 Å².